The summed E-state index contributed by atoms with van der Waals surface area (Å²) >= 11 is 0. The third-order valence-corrected chi connectivity index (χ3v) is 7.28. The van der Waals surface area contributed by atoms with E-state index in [9.17, 15) is 4.79 Å². The minimum absolute atomic E-state index is 0.0111. The minimum Gasteiger partial charge on any atom is -0.464 e. The largest absolute Gasteiger partial charge is 0.464 e. The maximum absolute atomic E-state index is 15.1. The number of anilines is 3. The van der Waals surface area contributed by atoms with Crippen LogP contribution in [0.2, 0.25) is 0 Å². The van der Waals surface area contributed by atoms with Gasteiger partial charge in [-0.05, 0) is 55.3 Å². The molecule has 6 rings (SSSR count). The number of pyridine rings is 1. The Morgan fingerprint density at radius 1 is 0.946 bits per heavy atom. The number of rotatable bonds is 5. The maximum Gasteiger partial charge on any atom is 0.225 e. The molecule has 8 heteroatoms. The first-order valence-corrected chi connectivity index (χ1v) is 12.8. The second kappa shape index (κ2) is 10.2. The number of nitrogens with one attached hydrogen (secondary N) is 1. The molecule has 4 heterocycles. The van der Waals surface area contributed by atoms with Crippen molar-refractivity contribution in [3.8, 4) is 11.3 Å². The molecule has 2 fully saturated rings. The van der Waals surface area contributed by atoms with E-state index < -0.39 is 0 Å². The van der Waals surface area contributed by atoms with Crippen molar-refractivity contribution in [3.05, 3.63) is 72.9 Å². The Labute approximate surface area is 214 Å². The van der Waals surface area contributed by atoms with Crippen molar-refractivity contribution in [1.29, 1.82) is 0 Å². The lowest BCUT2D eigenvalue weighted by molar-refractivity contribution is -0.140. The smallest absolute Gasteiger partial charge is 0.225 e. The molecule has 0 bridgehead atoms. The van der Waals surface area contributed by atoms with Crippen LogP contribution >= 0.6 is 0 Å². The number of amides is 1. The van der Waals surface area contributed by atoms with Crippen molar-refractivity contribution in [2.75, 3.05) is 49.6 Å². The Balaban J connectivity index is 1.09. The maximum atomic E-state index is 15.1. The van der Waals surface area contributed by atoms with Gasteiger partial charge >= 0.3 is 0 Å². The summed E-state index contributed by atoms with van der Waals surface area (Å²) in [6, 6.07) is 16.9. The number of ether oxygens (including phenoxy) is 1. The van der Waals surface area contributed by atoms with E-state index in [0.717, 1.165) is 40.8 Å². The summed E-state index contributed by atoms with van der Waals surface area (Å²) in [4.78, 5) is 21.2. The average molecular weight is 501 g/mol. The molecule has 0 unspecified atom stereocenters. The minimum atomic E-state index is -0.268. The van der Waals surface area contributed by atoms with Crippen molar-refractivity contribution in [1.82, 2.24) is 9.88 Å². The predicted molar refractivity (Wildman–Crippen MR) is 141 cm³/mol. The quantitative estimate of drug-likeness (QED) is 0.393. The molecule has 2 aromatic carbocycles. The fourth-order valence-corrected chi connectivity index (χ4v) is 5.25. The average Bonchev–Trinajstić information content (AvgIpc) is 3.43. The molecule has 0 aliphatic carbocycles. The van der Waals surface area contributed by atoms with Gasteiger partial charge in [-0.15, -0.1) is 0 Å². The van der Waals surface area contributed by atoms with Gasteiger partial charge in [0.15, 0.2) is 0 Å². The van der Waals surface area contributed by atoms with Crippen molar-refractivity contribution >= 4 is 33.9 Å². The molecule has 1 amide bonds. The Morgan fingerprint density at radius 2 is 1.70 bits per heavy atom. The fourth-order valence-electron chi connectivity index (χ4n) is 5.25. The van der Waals surface area contributed by atoms with E-state index in [1.54, 1.807) is 12.5 Å². The van der Waals surface area contributed by atoms with Crippen molar-refractivity contribution < 1.29 is 18.3 Å². The van der Waals surface area contributed by atoms with Gasteiger partial charge in [0.05, 0.1) is 30.9 Å². The Hall–Kier alpha value is -3.91. The number of fused-ring (bicyclic) bond motifs is 1. The van der Waals surface area contributed by atoms with E-state index in [4.69, 9.17) is 9.15 Å². The summed E-state index contributed by atoms with van der Waals surface area (Å²) in [5.41, 5.74) is 4.77. The number of nitrogens with zero attached hydrogens (tertiary/aromatic N) is 3. The Morgan fingerprint density at radius 3 is 2.46 bits per heavy atom. The number of morpholine rings is 1. The normalized spacial score (nSPS) is 16.8. The third-order valence-electron chi connectivity index (χ3n) is 7.28. The van der Waals surface area contributed by atoms with Crippen LogP contribution in [0.15, 0.2) is 71.5 Å². The summed E-state index contributed by atoms with van der Waals surface area (Å²) in [6.07, 6.45) is 4.88. The first-order chi connectivity index (χ1) is 18.2. The molecule has 2 aliphatic rings. The Bertz CT molecular complexity index is 1390. The predicted octanol–water partition coefficient (Wildman–Crippen LogP) is 5.45. The van der Waals surface area contributed by atoms with Gasteiger partial charge in [-0.3, -0.25) is 9.78 Å². The summed E-state index contributed by atoms with van der Waals surface area (Å²) in [5.74, 6) is -0.0429. The fraction of sp³-hybridized carbons (Fsp3) is 0.310. The van der Waals surface area contributed by atoms with Gasteiger partial charge in [-0.1, -0.05) is 12.1 Å². The number of aromatic nitrogens is 1. The number of carbonyl (C=O) groups excluding carboxylic acids is 1. The van der Waals surface area contributed by atoms with Gasteiger partial charge in [-0.2, -0.15) is 0 Å². The van der Waals surface area contributed by atoms with Crippen LogP contribution in [0.3, 0.4) is 0 Å². The van der Waals surface area contributed by atoms with Crippen LogP contribution in [-0.2, 0) is 9.53 Å². The highest BCUT2D eigenvalue weighted by molar-refractivity contribution is 5.91. The van der Waals surface area contributed by atoms with E-state index in [2.05, 4.69) is 10.3 Å². The summed E-state index contributed by atoms with van der Waals surface area (Å²) in [6.45, 7) is 3.90. The Kier molecular flexibility index (Phi) is 6.49. The number of hydrogen-bond acceptors (Lipinski definition) is 6. The van der Waals surface area contributed by atoms with Crippen molar-refractivity contribution in [2.24, 2.45) is 5.92 Å². The second-order valence-electron chi connectivity index (χ2n) is 9.56. The molecule has 190 valence electrons. The number of hydrogen-bond donors (Lipinski definition) is 1. The molecule has 37 heavy (non-hydrogen) atoms. The van der Waals surface area contributed by atoms with Crippen LogP contribution < -0.4 is 10.2 Å². The van der Waals surface area contributed by atoms with Crippen molar-refractivity contribution in [3.63, 3.8) is 0 Å². The number of carbonyl (C=O) groups is 1. The molecular formula is C29H29FN4O3. The van der Waals surface area contributed by atoms with E-state index >= 15 is 4.39 Å². The molecular weight excluding hydrogens is 471 g/mol. The van der Waals surface area contributed by atoms with Gasteiger partial charge in [-0.25, -0.2) is 4.39 Å². The highest BCUT2D eigenvalue weighted by Gasteiger charge is 2.30. The summed E-state index contributed by atoms with van der Waals surface area (Å²) in [7, 11) is 0. The molecule has 2 saturated heterocycles. The summed E-state index contributed by atoms with van der Waals surface area (Å²) < 4.78 is 25.9. The van der Waals surface area contributed by atoms with E-state index in [0.29, 0.717) is 50.8 Å². The van der Waals surface area contributed by atoms with E-state index in [1.165, 1.54) is 6.07 Å². The standard InChI is InChI=1S/C29H29FN4O3/c30-25-19-23(32-22-3-1-20(2-4-22)28-24-10-16-37-27(24)7-11-31-28)5-6-26(25)33-12-8-21(9-13-33)29(35)34-14-17-36-18-15-34/h1-7,10-11,16,19,21,32H,8-9,12-15,17-18H2. The highest BCUT2D eigenvalue weighted by Crippen LogP contribution is 2.31. The lowest BCUT2D eigenvalue weighted by atomic mass is 9.94. The first kappa shape index (κ1) is 23.5. The SMILES string of the molecule is O=C(C1CCN(c2ccc(Nc3ccc(-c4nccc5occc45)cc3)cc2F)CC1)N1CCOCC1. The van der Waals surface area contributed by atoms with Gasteiger partial charge in [0, 0.05) is 60.6 Å². The second-order valence-corrected chi connectivity index (χ2v) is 9.56. The van der Waals surface area contributed by atoms with Gasteiger partial charge < -0.3 is 24.3 Å². The zero-order chi connectivity index (χ0) is 25.2. The highest BCUT2D eigenvalue weighted by atomic mass is 19.1. The van der Waals surface area contributed by atoms with Crippen LogP contribution in [0.4, 0.5) is 21.5 Å². The number of benzene rings is 2. The van der Waals surface area contributed by atoms with Gasteiger partial charge in [0.1, 0.15) is 11.4 Å². The lowest BCUT2D eigenvalue weighted by Crippen LogP contribution is -2.46. The molecule has 0 atom stereocenters. The molecule has 0 saturated carbocycles. The van der Waals surface area contributed by atoms with Crippen LogP contribution in [-0.4, -0.2) is 55.2 Å². The lowest BCUT2D eigenvalue weighted by Gasteiger charge is -2.36. The molecule has 7 nitrogen and oxygen atoms in total. The number of piperidine rings is 1. The monoisotopic (exact) mass is 500 g/mol. The number of furan rings is 1. The van der Waals surface area contributed by atoms with Crippen LogP contribution in [0.25, 0.3) is 22.2 Å². The van der Waals surface area contributed by atoms with Crippen LogP contribution in [0.1, 0.15) is 12.8 Å². The van der Waals surface area contributed by atoms with Crippen LogP contribution in [0, 0.1) is 11.7 Å². The molecule has 2 aliphatic heterocycles. The molecule has 4 aromatic rings. The molecule has 0 spiro atoms. The summed E-state index contributed by atoms with van der Waals surface area (Å²) in [5, 5.41) is 4.25. The van der Waals surface area contributed by atoms with Crippen molar-refractivity contribution in [2.45, 2.75) is 12.8 Å². The third kappa shape index (κ3) is 4.89. The number of halogens is 1. The van der Waals surface area contributed by atoms with Gasteiger partial charge in [0.2, 0.25) is 5.91 Å². The molecule has 1 N–H and O–H groups in total. The van der Waals surface area contributed by atoms with E-state index in [1.807, 2.05) is 58.3 Å². The molecule has 2 aromatic heterocycles. The van der Waals surface area contributed by atoms with Gasteiger partial charge in [0.25, 0.3) is 0 Å². The van der Waals surface area contributed by atoms with E-state index in [-0.39, 0.29) is 17.6 Å². The van der Waals surface area contributed by atoms with Crippen LogP contribution in [0.5, 0.6) is 0 Å². The zero-order valence-corrected chi connectivity index (χ0v) is 20.5. The molecule has 0 radical (unpaired) electrons. The first-order valence-electron chi connectivity index (χ1n) is 12.8. The topological polar surface area (TPSA) is 70.8 Å². The zero-order valence-electron chi connectivity index (χ0n) is 20.5.